The molecule has 2 heteroatoms. The molecule has 2 aromatic carbocycles. The standard InChI is InChI=1S/C19H21NO/c1-14-6-5-7-17(19(2,3)4)18(14)21-13-16-10-8-15(12-20)9-11-16/h5-11H,13H2,1-4H3. The first-order valence-electron chi connectivity index (χ1n) is 7.14. The largest absolute Gasteiger partial charge is 0.488 e. The minimum Gasteiger partial charge on any atom is -0.488 e. The van der Waals surface area contributed by atoms with Crippen LogP contribution in [-0.2, 0) is 12.0 Å². The average molecular weight is 279 g/mol. The van der Waals surface area contributed by atoms with Crippen LogP contribution in [0.3, 0.4) is 0 Å². The van der Waals surface area contributed by atoms with E-state index in [0.717, 1.165) is 16.9 Å². The van der Waals surface area contributed by atoms with Crippen molar-refractivity contribution >= 4 is 0 Å². The van der Waals surface area contributed by atoms with Gasteiger partial charge >= 0.3 is 0 Å². The molecule has 0 spiro atoms. The van der Waals surface area contributed by atoms with Crippen molar-refractivity contribution in [3.8, 4) is 11.8 Å². The summed E-state index contributed by atoms with van der Waals surface area (Å²) in [6, 6.07) is 15.9. The number of rotatable bonds is 3. The summed E-state index contributed by atoms with van der Waals surface area (Å²) < 4.78 is 6.07. The van der Waals surface area contributed by atoms with Gasteiger partial charge < -0.3 is 4.74 Å². The van der Waals surface area contributed by atoms with E-state index in [9.17, 15) is 0 Å². The molecule has 0 unspecified atom stereocenters. The summed E-state index contributed by atoms with van der Waals surface area (Å²) in [6.45, 7) is 9.16. The highest BCUT2D eigenvalue weighted by atomic mass is 16.5. The fraction of sp³-hybridized carbons (Fsp3) is 0.316. The minimum atomic E-state index is 0.0476. The molecule has 0 radical (unpaired) electrons. The summed E-state index contributed by atoms with van der Waals surface area (Å²) in [5.74, 6) is 0.967. The van der Waals surface area contributed by atoms with E-state index in [4.69, 9.17) is 10.00 Å². The van der Waals surface area contributed by atoms with E-state index in [1.54, 1.807) is 0 Å². The Labute approximate surface area is 127 Å². The van der Waals surface area contributed by atoms with Gasteiger partial charge in [-0.25, -0.2) is 0 Å². The zero-order chi connectivity index (χ0) is 15.5. The Kier molecular flexibility index (Phi) is 4.33. The van der Waals surface area contributed by atoms with Crippen LogP contribution in [0.2, 0.25) is 0 Å². The lowest BCUT2D eigenvalue weighted by Crippen LogP contribution is -2.14. The van der Waals surface area contributed by atoms with Gasteiger partial charge in [0.2, 0.25) is 0 Å². The van der Waals surface area contributed by atoms with Crippen LogP contribution in [0, 0.1) is 18.3 Å². The van der Waals surface area contributed by atoms with Gasteiger partial charge in [-0.15, -0.1) is 0 Å². The van der Waals surface area contributed by atoms with Gasteiger partial charge in [0.25, 0.3) is 0 Å². The first kappa shape index (κ1) is 15.1. The van der Waals surface area contributed by atoms with Gasteiger partial charge in [0, 0.05) is 0 Å². The number of nitrogens with zero attached hydrogens (tertiary/aromatic N) is 1. The maximum Gasteiger partial charge on any atom is 0.126 e. The molecule has 0 saturated carbocycles. The number of benzene rings is 2. The molecule has 0 aromatic heterocycles. The Morgan fingerprint density at radius 2 is 1.71 bits per heavy atom. The van der Waals surface area contributed by atoms with Gasteiger partial charge in [0.15, 0.2) is 0 Å². The molecule has 21 heavy (non-hydrogen) atoms. The van der Waals surface area contributed by atoms with Gasteiger partial charge in [0.05, 0.1) is 11.6 Å². The number of nitriles is 1. The lowest BCUT2D eigenvalue weighted by atomic mass is 9.85. The predicted octanol–water partition coefficient (Wildman–Crippen LogP) is 4.74. The number of ether oxygens (including phenoxy) is 1. The fourth-order valence-electron chi connectivity index (χ4n) is 2.27. The maximum atomic E-state index is 8.82. The SMILES string of the molecule is Cc1cccc(C(C)(C)C)c1OCc1ccc(C#N)cc1. The molecule has 0 atom stereocenters. The highest BCUT2D eigenvalue weighted by Gasteiger charge is 2.20. The second-order valence-corrected chi connectivity index (χ2v) is 6.30. The van der Waals surface area contributed by atoms with E-state index in [2.05, 4.69) is 52.0 Å². The third-order valence-corrected chi connectivity index (χ3v) is 3.49. The Balaban J connectivity index is 2.21. The van der Waals surface area contributed by atoms with Crippen molar-refractivity contribution < 1.29 is 4.74 Å². The molecule has 2 nitrogen and oxygen atoms in total. The lowest BCUT2D eigenvalue weighted by Gasteiger charge is -2.24. The maximum absolute atomic E-state index is 8.82. The van der Waals surface area contributed by atoms with Crippen LogP contribution in [-0.4, -0.2) is 0 Å². The molecule has 0 aliphatic heterocycles. The molecule has 0 aliphatic carbocycles. The molecule has 2 rings (SSSR count). The van der Waals surface area contributed by atoms with Crippen LogP contribution < -0.4 is 4.74 Å². The third kappa shape index (κ3) is 3.64. The van der Waals surface area contributed by atoms with Crippen molar-refractivity contribution in [3.05, 3.63) is 64.7 Å². The van der Waals surface area contributed by atoms with Crippen LogP contribution in [0.4, 0.5) is 0 Å². The van der Waals surface area contributed by atoms with Crippen LogP contribution in [0.1, 0.15) is 43.0 Å². The summed E-state index contributed by atoms with van der Waals surface area (Å²) in [4.78, 5) is 0. The normalized spacial score (nSPS) is 11.0. The molecule has 2 aromatic rings. The first-order valence-corrected chi connectivity index (χ1v) is 7.14. The van der Waals surface area contributed by atoms with E-state index in [-0.39, 0.29) is 5.41 Å². The lowest BCUT2D eigenvalue weighted by molar-refractivity contribution is 0.295. The molecule has 108 valence electrons. The summed E-state index contributed by atoms with van der Waals surface area (Å²) >= 11 is 0. The smallest absolute Gasteiger partial charge is 0.126 e. The van der Waals surface area contributed by atoms with Crippen molar-refractivity contribution in [2.45, 2.75) is 39.7 Å². The number of hydrogen-bond acceptors (Lipinski definition) is 2. The van der Waals surface area contributed by atoms with Crippen LogP contribution in [0.15, 0.2) is 42.5 Å². The number of para-hydroxylation sites is 1. The quantitative estimate of drug-likeness (QED) is 0.812. The molecule has 0 saturated heterocycles. The molecule has 0 N–H and O–H groups in total. The highest BCUT2D eigenvalue weighted by Crippen LogP contribution is 2.34. The third-order valence-electron chi connectivity index (χ3n) is 3.49. The van der Waals surface area contributed by atoms with Crippen molar-refractivity contribution in [2.75, 3.05) is 0 Å². The number of hydrogen-bond donors (Lipinski definition) is 0. The van der Waals surface area contributed by atoms with Crippen molar-refractivity contribution in [3.63, 3.8) is 0 Å². The van der Waals surface area contributed by atoms with Crippen LogP contribution in [0.5, 0.6) is 5.75 Å². The van der Waals surface area contributed by atoms with Gasteiger partial charge in [0.1, 0.15) is 12.4 Å². The zero-order valence-corrected chi connectivity index (χ0v) is 13.1. The molecule has 0 aliphatic rings. The van der Waals surface area contributed by atoms with E-state index in [1.807, 2.05) is 24.3 Å². The summed E-state index contributed by atoms with van der Waals surface area (Å²) in [6.07, 6.45) is 0. The van der Waals surface area contributed by atoms with Gasteiger partial charge in [-0.2, -0.15) is 5.26 Å². The Morgan fingerprint density at radius 1 is 1.05 bits per heavy atom. The molecule has 0 bridgehead atoms. The molecule has 0 heterocycles. The van der Waals surface area contributed by atoms with Gasteiger partial charge in [-0.05, 0) is 41.2 Å². The minimum absolute atomic E-state index is 0.0476. The summed E-state index contributed by atoms with van der Waals surface area (Å²) in [5, 5.41) is 8.82. The Morgan fingerprint density at radius 3 is 2.29 bits per heavy atom. The molecule has 0 amide bonds. The van der Waals surface area contributed by atoms with Crippen molar-refractivity contribution in [1.29, 1.82) is 5.26 Å². The van der Waals surface area contributed by atoms with E-state index in [0.29, 0.717) is 12.2 Å². The molecule has 0 fully saturated rings. The summed E-state index contributed by atoms with van der Waals surface area (Å²) in [5.41, 5.74) is 4.15. The van der Waals surface area contributed by atoms with Gasteiger partial charge in [-0.3, -0.25) is 0 Å². The summed E-state index contributed by atoms with van der Waals surface area (Å²) in [7, 11) is 0. The predicted molar refractivity (Wildman–Crippen MR) is 85.4 cm³/mol. The average Bonchev–Trinajstić information content (AvgIpc) is 2.45. The first-order chi connectivity index (χ1) is 9.91. The second kappa shape index (κ2) is 6.01. The molecular formula is C19H21NO. The van der Waals surface area contributed by atoms with E-state index >= 15 is 0 Å². The van der Waals surface area contributed by atoms with Crippen LogP contribution >= 0.6 is 0 Å². The Hall–Kier alpha value is -2.27. The second-order valence-electron chi connectivity index (χ2n) is 6.30. The fourth-order valence-corrected chi connectivity index (χ4v) is 2.27. The molecular weight excluding hydrogens is 258 g/mol. The van der Waals surface area contributed by atoms with E-state index in [1.165, 1.54) is 5.56 Å². The Bertz CT molecular complexity index is 657. The van der Waals surface area contributed by atoms with Crippen molar-refractivity contribution in [2.24, 2.45) is 0 Å². The number of aryl methyl sites for hydroxylation is 1. The highest BCUT2D eigenvalue weighted by molar-refractivity contribution is 5.44. The topological polar surface area (TPSA) is 33.0 Å². The van der Waals surface area contributed by atoms with Crippen LogP contribution in [0.25, 0.3) is 0 Å². The monoisotopic (exact) mass is 279 g/mol. The van der Waals surface area contributed by atoms with Crippen molar-refractivity contribution in [1.82, 2.24) is 0 Å². The zero-order valence-electron chi connectivity index (χ0n) is 13.1. The van der Waals surface area contributed by atoms with E-state index < -0.39 is 0 Å². The van der Waals surface area contributed by atoms with Gasteiger partial charge in [-0.1, -0.05) is 51.1 Å².